The number of fused-ring (bicyclic) bond motifs is 2. The normalized spacial score (nSPS) is 20.5. The lowest BCUT2D eigenvalue weighted by atomic mass is 9.98. The maximum atomic E-state index is 14.7. The van der Waals surface area contributed by atoms with E-state index in [2.05, 4.69) is 31.0 Å². The Morgan fingerprint density at radius 1 is 1.23 bits per heavy atom. The van der Waals surface area contributed by atoms with Crippen molar-refractivity contribution >= 4 is 51.6 Å². The lowest BCUT2D eigenvalue weighted by Crippen LogP contribution is -2.44. The van der Waals surface area contributed by atoms with Gasteiger partial charge in [-0.2, -0.15) is 5.10 Å². The molecule has 1 saturated heterocycles. The van der Waals surface area contributed by atoms with Crippen molar-refractivity contribution in [3.63, 3.8) is 0 Å². The zero-order chi connectivity index (χ0) is 30.4. The van der Waals surface area contributed by atoms with Crippen LogP contribution in [0.15, 0.2) is 43.1 Å². The van der Waals surface area contributed by atoms with Crippen molar-refractivity contribution in [2.75, 3.05) is 22.5 Å². The van der Waals surface area contributed by atoms with Crippen LogP contribution in [0.4, 0.5) is 27.4 Å². The molecule has 13 nitrogen and oxygen atoms in total. The highest BCUT2D eigenvalue weighted by molar-refractivity contribution is 6.00. The Bertz CT molecular complexity index is 1720. The van der Waals surface area contributed by atoms with Gasteiger partial charge in [-0.3, -0.25) is 19.1 Å². The van der Waals surface area contributed by atoms with E-state index in [1.54, 1.807) is 44.1 Å². The minimum atomic E-state index is -1.36. The Labute approximate surface area is 246 Å². The number of halogens is 1. The molecule has 6 rings (SSSR count). The van der Waals surface area contributed by atoms with E-state index in [1.165, 1.54) is 15.9 Å². The van der Waals surface area contributed by atoms with Crippen LogP contribution in [0.25, 0.3) is 10.9 Å². The summed E-state index contributed by atoms with van der Waals surface area (Å²) in [6, 6.07) is 4.50. The maximum Gasteiger partial charge on any atom is 0.248 e. The van der Waals surface area contributed by atoms with E-state index in [1.807, 2.05) is 18.2 Å². The summed E-state index contributed by atoms with van der Waals surface area (Å²) in [5.74, 6) is -0.605. The highest BCUT2D eigenvalue weighted by atomic mass is 19.1. The number of alkyl halides is 1. The van der Waals surface area contributed by atoms with E-state index >= 15 is 0 Å². The number of aliphatic hydroxyl groups excluding tert-OH is 1. The molecule has 2 aliphatic heterocycles. The zero-order valence-corrected chi connectivity index (χ0v) is 23.9. The summed E-state index contributed by atoms with van der Waals surface area (Å²) in [6.07, 6.45) is 4.50. The number of hydrogen-bond donors (Lipinski definition) is 4. The van der Waals surface area contributed by atoms with Crippen LogP contribution >= 0.6 is 0 Å². The van der Waals surface area contributed by atoms with Crippen molar-refractivity contribution in [3.8, 4) is 0 Å². The number of hydrogen-bond acceptors (Lipinski definition) is 8. The molecule has 0 saturated carbocycles. The third-order valence-electron chi connectivity index (χ3n) is 7.98. The average Bonchev–Trinajstić information content (AvgIpc) is 3.63. The van der Waals surface area contributed by atoms with Crippen molar-refractivity contribution in [3.05, 3.63) is 54.2 Å². The van der Waals surface area contributed by atoms with E-state index in [-0.39, 0.29) is 37.2 Å². The Hall–Kier alpha value is -4.85. The summed E-state index contributed by atoms with van der Waals surface area (Å²) in [5.41, 5.74) is 3.45. The predicted octanol–water partition coefficient (Wildman–Crippen LogP) is 2.67. The first-order valence-electron chi connectivity index (χ1n) is 14.0. The smallest absolute Gasteiger partial charge is 0.248 e. The fraction of sp³-hybridized carbons (Fsp3) is 0.379. The first-order chi connectivity index (χ1) is 20.6. The van der Waals surface area contributed by atoms with Gasteiger partial charge in [0.1, 0.15) is 30.9 Å². The third kappa shape index (κ3) is 5.41. The zero-order valence-electron chi connectivity index (χ0n) is 23.9. The quantitative estimate of drug-likeness (QED) is 0.256. The molecule has 2 aliphatic rings. The molecular weight excluding hydrogens is 557 g/mol. The molecule has 3 aromatic heterocycles. The van der Waals surface area contributed by atoms with Crippen molar-refractivity contribution in [2.45, 2.75) is 51.6 Å². The van der Waals surface area contributed by atoms with Gasteiger partial charge in [0.25, 0.3) is 0 Å². The molecule has 0 radical (unpaired) electrons. The van der Waals surface area contributed by atoms with Gasteiger partial charge in [-0.05, 0) is 31.5 Å². The Morgan fingerprint density at radius 3 is 2.74 bits per heavy atom. The molecule has 2 unspecified atom stereocenters. The first-order valence-corrected chi connectivity index (χ1v) is 14.0. The number of nitrogens with zero attached hydrogens (tertiary/aromatic N) is 6. The van der Waals surface area contributed by atoms with Gasteiger partial charge in [0.05, 0.1) is 30.7 Å². The van der Waals surface area contributed by atoms with Crippen LogP contribution in [0.1, 0.15) is 37.5 Å². The van der Waals surface area contributed by atoms with Gasteiger partial charge < -0.3 is 30.5 Å². The molecule has 4 N–H and O–H groups in total. The van der Waals surface area contributed by atoms with Crippen LogP contribution in [0, 0.1) is 5.92 Å². The molecule has 43 heavy (non-hydrogen) atoms. The largest absolute Gasteiger partial charge is 0.389 e. The number of carbonyl (C=O) groups is 3. The number of likely N-dealkylation sites (tertiary alicyclic amines) is 1. The minimum Gasteiger partial charge on any atom is -0.389 e. The van der Waals surface area contributed by atoms with Crippen molar-refractivity contribution in [1.82, 2.24) is 29.2 Å². The van der Waals surface area contributed by atoms with Gasteiger partial charge in [0.15, 0.2) is 5.82 Å². The van der Waals surface area contributed by atoms with E-state index in [9.17, 15) is 23.9 Å². The van der Waals surface area contributed by atoms with Crippen molar-refractivity contribution < 1.29 is 23.9 Å². The van der Waals surface area contributed by atoms with Gasteiger partial charge in [-0.1, -0.05) is 6.92 Å². The minimum absolute atomic E-state index is 0.129. The number of anilines is 4. The summed E-state index contributed by atoms with van der Waals surface area (Å²) in [7, 11) is 1.66. The van der Waals surface area contributed by atoms with E-state index in [4.69, 9.17) is 0 Å². The Balaban J connectivity index is 1.22. The summed E-state index contributed by atoms with van der Waals surface area (Å²) < 4.78 is 17.9. The van der Waals surface area contributed by atoms with Gasteiger partial charge in [-0.25, -0.2) is 14.4 Å². The Kier molecular flexibility index (Phi) is 7.30. The SMILES string of the molecule is CC1Cc2c(NC(=O)[C@@H]3C[C@@H](F)CN3C(=O)Cn3cc(C(C)O)c4cc(Nc5cncnc5)ccc43)nn(C)c2NC1=O. The number of aryl methyl sites for hydroxylation is 1. The monoisotopic (exact) mass is 589 g/mol. The molecule has 1 fully saturated rings. The number of amides is 3. The van der Waals surface area contributed by atoms with E-state index in [0.29, 0.717) is 34.6 Å². The first kappa shape index (κ1) is 28.3. The number of aromatic nitrogens is 5. The maximum absolute atomic E-state index is 14.7. The average molecular weight is 590 g/mol. The molecule has 14 heteroatoms. The topological polar surface area (TPSA) is 159 Å². The van der Waals surface area contributed by atoms with Crippen LogP contribution in [0.3, 0.4) is 0 Å². The fourth-order valence-electron chi connectivity index (χ4n) is 5.80. The predicted molar refractivity (Wildman–Crippen MR) is 156 cm³/mol. The lowest BCUT2D eigenvalue weighted by molar-refractivity contribution is -0.137. The number of aliphatic hydroxyl groups is 1. The molecule has 0 bridgehead atoms. The molecular formula is C29H32FN9O4. The second-order valence-corrected chi connectivity index (χ2v) is 11.2. The van der Waals surface area contributed by atoms with Crippen LogP contribution in [0.2, 0.25) is 0 Å². The molecule has 0 aliphatic carbocycles. The standard InChI is InChI=1S/C29H32FN9O4/c1-15-6-21-26(36-37(3)27(21)35-28(15)42)34-29(43)24-7-17(30)11-39(24)25(41)13-38-12-22(16(2)40)20-8-18(4-5-23(20)38)33-19-9-31-14-32-10-19/h4-5,8-10,12,14-17,24,33,40H,6-7,11,13H2,1-3H3,(H,35,42)(H,34,36,43)/t15?,16?,17-,24+/m1/s1. The summed E-state index contributed by atoms with van der Waals surface area (Å²) in [5, 5.41) is 24.4. The highest BCUT2D eigenvalue weighted by Crippen LogP contribution is 2.33. The lowest BCUT2D eigenvalue weighted by Gasteiger charge is -2.24. The third-order valence-corrected chi connectivity index (χ3v) is 7.98. The van der Waals surface area contributed by atoms with Crippen molar-refractivity contribution in [2.24, 2.45) is 13.0 Å². The summed E-state index contributed by atoms with van der Waals surface area (Å²) >= 11 is 0. The number of carbonyl (C=O) groups excluding carboxylic acids is 3. The van der Waals surface area contributed by atoms with E-state index in [0.717, 1.165) is 11.1 Å². The Morgan fingerprint density at radius 2 is 2.00 bits per heavy atom. The molecule has 5 heterocycles. The summed E-state index contributed by atoms with van der Waals surface area (Å²) in [4.78, 5) is 48.4. The van der Waals surface area contributed by atoms with E-state index < -0.39 is 30.1 Å². The van der Waals surface area contributed by atoms with Crippen LogP contribution in [0.5, 0.6) is 0 Å². The van der Waals surface area contributed by atoms with Crippen LogP contribution in [-0.4, -0.2) is 70.8 Å². The van der Waals surface area contributed by atoms with Gasteiger partial charge in [0, 0.05) is 53.3 Å². The van der Waals surface area contributed by atoms with Crippen LogP contribution < -0.4 is 16.0 Å². The second-order valence-electron chi connectivity index (χ2n) is 11.2. The van der Waals surface area contributed by atoms with Crippen molar-refractivity contribution in [1.29, 1.82) is 0 Å². The number of benzene rings is 1. The number of rotatable bonds is 7. The van der Waals surface area contributed by atoms with Crippen LogP contribution in [-0.2, 0) is 34.4 Å². The molecule has 4 atom stereocenters. The molecule has 224 valence electrons. The summed E-state index contributed by atoms with van der Waals surface area (Å²) in [6.45, 7) is 3.07. The van der Waals surface area contributed by atoms with Gasteiger partial charge >= 0.3 is 0 Å². The molecule has 0 spiro atoms. The molecule has 1 aromatic carbocycles. The molecule has 3 amide bonds. The number of nitrogens with one attached hydrogen (secondary N) is 3. The van der Waals surface area contributed by atoms with Gasteiger partial charge in [0.2, 0.25) is 17.7 Å². The molecule has 4 aromatic rings. The highest BCUT2D eigenvalue weighted by Gasteiger charge is 2.41. The fourth-order valence-corrected chi connectivity index (χ4v) is 5.80. The van der Waals surface area contributed by atoms with Gasteiger partial charge in [-0.15, -0.1) is 0 Å². The second kappa shape index (κ2) is 11.1.